The van der Waals surface area contributed by atoms with Crippen LogP contribution in [-0.4, -0.2) is 59.6 Å². The molecule has 1 unspecified atom stereocenters. The fourth-order valence-electron chi connectivity index (χ4n) is 3.97. The molecule has 1 heterocycles. The van der Waals surface area contributed by atoms with Gasteiger partial charge in [-0.2, -0.15) is 0 Å². The maximum Gasteiger partial charge on any atom is 0.259 e. The number of carbonyl (C=O) groups excluding carboxylic acids is 1. The van der Waals surface area contributed by atoms with Crippen LogP contribution in [0, 0.1) is 5.92 Å². The minimum absolute atomic E-state index is 0.00247. The van der Waals surface area contributed by atoms with Gasteiger partial charge in [0.2, 0.25) is 0 Å². The van der Waals surface area contributed by atoms with Gasteiger partial charge in [0.25, 0.3) is 5.91 Å². The van der Waals surface area contributed by atoms with Gasteiger partial charge in [-0.15, -0.1) is 0 Å². The number of hydrogen-bond acceptors (Lipinski definition) is 4. The van der Waals surface area contributed by atoms with Gasteiger partial charge in [-0.05, 0) is 18.4 Å². The van der Waals surface area contributed by atoms with E-state index in [0.29, 0.717) is 6.54 Å². The van der Waals surface area contributed by atoms with Crippen molar-refractivity contribution in [3.63, 3.8) is 0 Å². The summed E-state index contributed by atoms with van der Waals surface area (Å²) in [4.78, 5) is 19.2. The van der Waals surface area contributed by atoms with E-state index in [9.17, 15) is 9.90 Å². The molecule has 1 aliphatic heterocycles. The number of likely N-dealkylation sites (N-methyl/N-ethyl adjacent to an activating group) is 1. The lowest BCUT2D eigenvalue weighted by Gasteiger charge is -2.37. The average Bonchev–Trinajstić information content (AvgIpc) is 3.31. The second-order valence-electron chi connectivity index (χ2n) is 7.35. The van der Waals surface area contributed by atoms with E-state index >= 15 is 0 Å². The quantitative estimate of drug-likeness (QED) is 0.860. The Morgan fingerprint density at radius 1 is 1.24 bits per heavy atom. The first-order chi connectivity index (χ1) is 12.0. The largest absolute Gasteiger partial charge is 0.375 e. The van der Waals surface area contributed by atoms with Crippen LogP contribution in [0.5, 0.6) is 0 Å². The van der Waals surface area contributed by atoms with Crippen molar-refractivity contribution < 1.29 is 9.90 Å². The maximum absolute atomic E-state index is 13.3. The van der Waals surface area contributed by atoms with Gasteiger partial charge in [0.05, 0.1) is 6.67 Å². The molecule has 5 nitrogen and oxygen atoms in total. The molecule has 1 atom stereocenters. The first kappa shape index (κ1) is 17.8. The highest BCUT2D eigenvalue weighted by Gasteiger charge is 2.47. The summed E-state index contributed by atoms with van der Waals surface area (Å²) in [7, 11) is 3.83. The maximum atomic E-state index is 13.3. The lowest BCUT2D eigenvalue weighted by molar-refractivity contribution is -0.158. The van der Waals surface area contributed by atoms with Crippen molar-refractivity contribution in [3.8, 4) is 0 Å². The molecule has 0 spiro atoms. The molecule has 5 heteroatoms. The zero-order valence-corrected chi connectivity index (χ0v) is 15.3. The molecule has 2 aliphatic rings. The summed E-state index contributed by atoms with van der Waals surface area (Å²) in [6.45, 7) is 2.20. The van der Waals surface area contributed by atoms with Gasteiger partial charge in [-0.25, -0.2) is 0 Å². The minimum atomic E-state index is -1.41. The minimum Gasteiger partial charge on any atom is -0.375 e. The first-order valence-corrected chi connectivity index (χ1v) is 9.18. The Morgan fingerprint density at radius 2 is 1.92 bits per heavy atom. The molecule has 1 aliphatic carbocycles. The fourth-order valence-corrected chi connectivity index (χ4v) is 3.97. The Balaban J connectivity index is 1.73. The standard InChI is InChI=1S/C20H29N3O2/c1-21-12-14-23(16-21)15-13-22(2)19(24)20(25,18-10-6-7-11-18)17-8-4-3-5-9-17/h3-5,8-9,12,14,18,25H,6-7,10-11,13,15-16H2,1-2H3. The van der Waals surface area contributed by atoms with Crippen LogP contribution in [0.4, 0.5) is 0 Å². The van der Waals surface area contributed by atoms with Crippen LogP contribution in [0.25, 0.3) is 0 Å². The fraction of sp³-hybridized carbons (Fsp3) is 0.550. The molecule has 0 aromatic heterocycles. The molecule has 1 N–H and O–H groups in total. The lowest BCUT2D eigenvalue weighted by atomic mass is 9.79. The van der Waals surface area contributed by atoms with Gasteiger partial charge in [0.1, 0.15) is 0 Å². The lowest BCUT2D eigenvalue weighted by Crippen LogP contribution is -2.51. The Kier molecular flexibility index (Phi) is 5.33. The predicted octanol–water partition coefficient (Wildman–Crippen LogP) is 2.20. The molecule has 1 aromatic carbocycles. The van der Waals surface area contributed by atoms with Crippen molar-refractivity contribution in [3.05, 3.63) is 48.3 Å². The summed E-state index contributed by atoms with van der Waals surface area (Å²) in [5.74, 6) is -0.176. The first-order valence-electron chi connectivity index (χ1n) is 9.18. The molecule has 1 saturated carbocycles. The third-order valence-corrected chi connectivity index (χ3v) is 5.49. The number of rotatable bonds is 6. The third-order valence-electron chi connectivity index (χ3n) is 5.49. The summed E-state index contributed by atoms with van der Waals surface area (Å²) in [6.07, 6.45) is 8.05. The van der Waals surface area contributed by atoms with Crippen molar-refractivity contribution in [2.45, 2.75) is 31.3 Å². The normalized spacial score (nSPS) is 20.1. The molecule has 1 amide bonds. The van der Waals surface area contributed by atoms with Crippen LogP contribution in [0.2, 0.25) is 0 Å². The van der Waals surface area contributed by atoms with E-state index in [0.717, 1.165) is 44.5 Å². The van der Waals surface area contributed by atoms with E-state index in [2.05, 4.69) is 9.80 Å². The average molecular weight is 343 g/mol. The van der Waals surface area contributed by atoms with E-state index < -0.39 is 5.60 Å². The van der Waals surface area contributed by atoms with Gasteiger partial charge in [0, 0.05) is 45.5 Å². The van der Waals surface area contributed by atoms with E-state index in [1.807, 2.05) is 49.8 Å². The monoisotopic (exact) mass is 343 g/mol. The Bertz CT molecular complexity index is 613. The van der Waals surface area contributed by atoms with Crippen LogP contribution in [-0.2, 0) is 10.4 Å². The SMILES string of the molecule is CN1C=CN(CCN(C)C(=O)C(O)(c2ccccc2)C2CCCC2)C1. The molecule has 1 fully saturated rings. The van der Waals surface area contributed by atoms with Crippen molar-refractivity contribution in [1.29, 1.82) is 0 Å². The number of carbonyl (C=O) groups is 1. The molecule has 0 saturated heterocycles. The molecule has 25 heavy (non-hydrogen) atoms. The Labute approximate surface area is 150 Å². The molecule has 0 bridgehead atoms. The van der Waals surface area contributed by atoms with Crippen LogP contribution in [0.1, 0.15) is 31.2 Å². The topological polar surface area (TPSA) is 47.0 Å². The van der Waals surface area contributed by atoms with Gasteiger partial charge < -0.3 is 19.8 Å². The summed E-state index contributed by atoms with van der Waals surface area (Å²) in [5, 5.41) is 11.5. The highest BCUT2D eigenvalue weighted by Crippen LogP contribution is 2.41. The van der Waals surface area contributed by atoms with Crippen molar-refractivity contribution in [2.75, 3.05) is 33.9 Å². The second-order valence-corrected chi connectivity index (χ2v) is 7.35. The van der Waals surface area contributed by atoms with Crippen molar-refractivity contribution >= 4 is 5.91 Å². The summed E-state index contributed by atoms with van der Waals surface area (Å²) in [5.41, 5.74) is -0.691. The molecule has 136 valence electrons. The van der Waals surface area contributed by atoms with Gasteiger partial charge >= 0.3 is 0 Å². The van der Waals surface area contributed by atoms with E-state index in [-0.39, 0.29) is 11.8 Å². The third kappa shape index (κ3) is 3.66. The molecule has 0 radical (unpaired) electrons. The number of amides is 1. The number of hydrogen-bond donors (Lipinski definition) is 1. The van der Waals surface area contributed by atoms with Crippen LogP contribution >= 0.6 is 0 Å². The van der Waals surface area contributed by atoms with E-state index in [1.54, 1.807) is 11.9 Å². The highest BCUT2D eigenvalue weighted by molar-refractivity contribution is 5.86. The van der Waals surface area contributed by atoms with E-state index in [1.165, 1.54) is 0 Å². The number of benzene rings is 1. The zero-order chi connectivity index (χ0) is 17.9. The molecule has 1 aromatic rings. The number of aliphatic hydroxyl groups is 1. The van der Waals surface area contributed by atoms with Crippen LogP contribution < -0.4 is 0 Å². The number of nitrogens with zero attached hydrogens (tertiary/aromatic N) is 3. The summed E-state index contributed by atoms with van der Waals surface area (Å²) >= 11 is 0. The zero-order valence-electron chi connectivity index (χ0n) is 15.3. The van der Waals surface area contributed by atoms with Gasteiger partial charge in [0.15, 0.2) is 5.60 Å². The van der Waals surface area contributed by atoms with Crippen molar-refractivity contribution in [2.24, 2.45) is 5.92 Å². The smallest absolute Gasteiger partial charge is 0.259 e. The Hall–Kier alpha value is -2.01. The van der Waals surface area contributed by atoms with Crippen molar-refractivity contribution in [1.82, 2.24) is 14.7 Å². The highest BCUT2D eigenvalue weighted by atomic mass is 16.3. The molecule has 3 rings (SSSR count). The molecular weight excluding hydrogens is 314 g/mol. The second kappa shape index (κ2) is 7.48. The van der Waals surface area contributed by atoms with E-state index in [4.69, 9.17) is 0 Å². The van der Waals surface area contributed by atoms with Crippen LogP contribution in [0.15, 0.2) is 42.7 Å². The summed E-state index contributed by atoms with van der Waals surface area (Å²) in [6, 6.07) is 9.47. The van der Waals surface area contributed by atoms with Gasteiger partial charge in [-0.1, -0.05) is 43.2 Å². The summed E-state index contributed by atoms with van der Waals surface area (Å²) < 4.78 is 0. The van der Waals surface area contributed by atoms with Gasteiger partial charge in [-0.3, -0.25) is 4.79 Å². The van der Waals surface area contributed by atoms with Crippen LogP contribution in [0.3, 0.4) is 0 Å². The predicted molar refractivity (Wildman–Crippen MR) is 98.4 cm³/mol. The molecular formula is C20H29N3O2. The Morgan fingerprint density at radius 3 is 2.52 bits per heavy atom.